The summed E-state index contributed by atoms with van der Waals surface area (Å²) in [6, 6.07) is 35.4. The molecular formula is C42H24N4. The second-order valence-electron chi connectivity index (χ2n) is 11.8. The molecule has 0 N–H and O–H groups in total. The zero-order chi connectivity index (χ0) is 30.2. The van der Waals surface area contributed by atoms with Crippen LogP contribution in [0, 0.1) is 0 Å². The average Bonchev–Trinajstić information content (AvgIpc) is 3.13. The molecule has 4 heterocycles. The van der Waals surface area contributed by atoms with Crippen molar-refractivity contribution in [2.24, 2.45) is 0 Å². The first-order valence-electron chi connectivity index (χ1n) is 15.4. The van der Waals surface area contributed by atoms with Crippen LogP contribution in [0.4, 0.5) is 0 Å². The number of rotatable bonds is 4. The van der Waals surface area contributed by atoms with Crippen molar-refractivity contribution >= 4 is 53.9 Å². The van der Waals surface area contributed by atoms with Crippen LogP contribution in [-0.2, 0) is 0 Å². The highest BCUT2D eigenvalue weighted by Gasteiger charge is 2.26. The molecule has 4 nitrogen and oxygen atoms in total. The van der Waals surface area contributed by atoms with E-state index in [2.05, 4.69) is 117 Å². The minimum atomic E-state index is 1.15. The first-order valence-corrected chi connectivity index (χ1v) is 15.4. The quantitative estimate of drug-likeness (QED) is 0.153. The number of nitrogens with zero attached hydrogens (tertiary/aromatic N) is 4. The molecule has 0 saturated heterocycles. The average molecular weight is 585 g/mol. The molecule has 46 heavy (non-hydrogen) atoms. The second-order valence-corrected chi connectivity index (χ2v) is 11.8. The highest BCUT2D eigenvalue weighted by molar-refractivity contribution is 6.44. The fourth-order valence-electron chi connectivity index (χ4n) is 7.77. The standard InChI is InChI=1S/C42H24N4/c1-3-29-33(25-7-15-43-16-8-25)23-36-38(28-13-21-46-22-14-28)32-6-2-4-30-34(26-9-17-44-18-10-26)24-35-37(27-11-19-45-20-12-27)31(5-1)39(29)41(36)42(35)40(30)32/h1-24H. The summed E-state index contributed by atoms with van der Waals surface area (Å²) in [5.41, 5.74) is 9.47. The lowest BCUT2D eigenvalue weighted by Gasteiger charge is -2.25. The lowest BCUT2D eigenvalue weighted by molar-refractivity contribution is 1.33. The number of pyridine rings is 4. The Bertz CT molecular complexity index is 2520. The van der Waals surface area contributed by atoms with Crippen LogP contribution in [0.1, 0.15) is 0 Å². The molecule has 0 aliphatic rings. The highest BCUT2D eigenvalue weighted by atomic mass is 14.6. The Kier molecular flexibility index (Phi) is 5.25. The van der Waals surface area contributed by atoms with Gasteiger partial charge in [0.15, 0.2) is 0 Å². The monoisotopic (exact) mass is 584 g/mol. The van der Waals surface area contributed by atoms with Crippen LogP contribution in [0.3, 0.4) is 0 Å². The third-order valence-electron chi connectivity index (χ3n) is 9.57. The van der Waals surface area contributed by atoms with E-state index in [0.717, 1.165) is 22.3 Å². The fraction of sp³-hybridized carbons (Fsp3) is 0. The van der Waals surface area contributed by atoms with Crippen molar-refractivity contribution in [3.63, 3.8) is 0 Å². The summed E-state index contributed by atoms with van der Waals surface area (Å²) in [4.78, 5) is 17.5. The number of hydrogen-bond acceptors (Lipinski definition) is 4. The van der Waals surface area contributed by atoms with Crippen LogP contribution in [0.25, 0.3) is 98.4 Å². The molecule has 0 bridgehead atoms. The van der Waals surface area contributed by atoms with Crippen LogP contribution >= 0.6 is 0 Å². The summed E-state index contributed by atoms with van der Waals surface area (Å²) < 4.78 is 0. The third kappa shape index (κ3) is 3.44. The molecule has 10 aromatic rings. The minimum Gasteiger partial charge on any atom is -0.265 e. The predicted molar refractivity (Wildman–Crippen MR) is 189 cm³/mol. The Morgan fingerprint density at radius 3 is 0.978 bits per heavy atom. The van der Waals surface area contributed by atoms with Crippen LogP contribution in [0.2, 0.25) is 0 Å². The van der Waals surface area contributed by atoms with Crippen molar-refractivity contribution in [3.05, 3.63) is 147 Å². The first-order chi connectivity index (χ1) is 22.9. The Morgan fingerprint density at radius 2 is 0.609 bits per heavy atom. The topological polar surface area (TPSA) is 51.6 Å². The zero-order valence-corrected chi connectivity index (χ0v) is 24.6. The Balaban J connectivity index is 1.55. The van der Waals surface area contributed by atoms with Crippen LogP contribution in [0.5, 0.6) is 0 Å². The lowest BCUT2D eigenvalue weighted by atomic mass is 9.77. The maximum absolute atomic E-state index is 4.39. The van der Waals surface area contributed by atoms with Crippen molar-refractivity contribution in [2.45, 2.75) is 0 Å². The molecule has 4 aromatic heterocycles. The van der Waals surface area contributed by atoms with Gasteiger partial charge < -0.3 is 0 Å². The van der Waals surface area contributed by atoms with E-state index in [1.807, 2.05) is 49.6 Å². The summed E-state index contributed by atoms with van der Waals surface area (Å²) in [6.07, 6.45) is 15.1. The molecular weight excluding hydrogens is 560 g/mol. The van der Waals surface area contributed by atoms with Crippen molar-refractivity contribution < 1.29 is 0 Å². The Morgan fingerprint density at radius 1 is 0.283 bits per heavy atom. The molecule has 0 spiro atoms. The maximum atomic E-state index is 4.39. The van der Waals surface area contributed by atoms with Gasteiger partial charge in [0.1, 0.15) is 0 Å². The Labute approximate surface area is 264 Å². The maximum Gasteiger partial charge on any atom is 0.0273 e. The van der Waals surface area contributed by atoms with Gasteiger partial charge in [0, 0.05) is 49.6 Å². The first kappa shape index (κ1) is 25.1. The number of hydrogen-bond donors (Lipinski definition) is 0. The summed E-state index contributed by atoms with van der Waals surface area (Å²) in [5.74, 6) is 0. The largest absolute Gasteiger partial charge is 0.265 e. The molecule has 0 atom stereocenters. The van der Waals surface area contributed by atoms with Gasteiger partial charge in [0.25, 0.3) is 0 Å². The van der Waals surface area contributed by atoms with Crippen molar-refractivity contribution in [3.8, 4) is 44.5 Å². The molecule has 212 valence electrons. The Hall–Kier alpha value is -6.26. The van der Waals surface area contributed by atoms with Gasteiger partial charge in [-0.25, -0.2) is 0 Å². The van der Waals surface area contributed by atoms with Crippen molar-refractivity contribution in [1.82, 2.24) is 19.9 Å². The van der Waals surface area contributed by atoms with Gasteiger partial charge in [-0.1, -0.05) is 36.4 Å². The number of benzene rings is 6. The predicted octanol–water partition coefficient (Wildman–Crippen LogP) is 10.6. The summed E-state index contributed by atoms with van der Waals surface area (Å²) in [7, 11) is 0. The smallest absolute Gasteiger partial charge is 0.0273 e. The summed E-state index contributed by atoms with van der Waals surface area (Å²) >= 11 is 0. The van der Waals surface area contributed by atoms with Gasteiger partial charge in [0.2, 0.25) is 0 Å². The molecule has 0 unspecified atom stereocenters. The van der Waals surface area contributed by atoms with Gasteiger partial charge in [-0.2, -0.15) is 0 Å². The summed E-state index contributed by atoms with van der Waals surface area (Å²) in [6.45, 7) is 0. The zero-order valence-electron chi connectivity index (χ0n) is 24.6. The molecule has 0 amide bonds. The van der Waals surface area contributed by atoms with E-state index in [0.29, 0.717) is 0 Å². The van der Waals surface area contributed by atoms with Gasteiger partial charge >= 0.3 is 0 Å². The SMILES string of the molecule is c1cc2c(-c3ccncc3)cc3c(-c4ccncc4)c4cccc5c(-c6ccncc6)cc6c(-c7ccncc7)c(c1)c2c3c6c54. The molecule has 0 radical (unpaired) electrons. The van der Waals surface area contributed by atoms with E-state index in [4.69, 9.17) is 0 Å². The van der Waals surface area contributed by atoms with E-state index < -0.39 is 0 Å². The molecule has 0 saturated carbocycles. The van der Waals surface area contributed by atoms with Gasteiger partial charge in [-0.15, -0.1) is 0 Å². The fourth-order valence-corrected chi connectivity index (χ4v) is 7.77. The molecule has 0 fully saturated rings. The van der Waals surface area contributed by atoms with E-state index in [1.54, 1.807) is 0 Å². The number of aromatic nitrogens is 4. The van der Waals surface area contributed by atoms with E-state index in [9.17, 15) is 0 Å². The molecule has 10 rings (SSSR count). The van der Waals surface area contributed by atoms with Gasteiger partial charge in [0.05, 0.1) is 0 Å². The van der Waals surface area contributed by atoms with Crippen molar-refractivity contribution in [1.29, 1.82) is 0 Å². The van der Waals surface area contributed by atoms with E-state index in [1.165, 1.54) is 76.1 Å². The highest BCUT2D eigenvalue weighted by Crippen LogP contribution is 2.54. The third-order valence-corrected chi connectivity index (χ3v) is 9.57. The second kappa shape index (κ2) is 9.62. The molecule has 0 aliphatic heterocycles. The van der Waals surface area contributed by atoms with Crippen molar-refractivity contribution in [2.75, 3.05) is 0 Å². The lowest BCUT2D eigenvalue weighted by Crippen LogP contribution is -1.98. The van der Waals surface area contributed by atoms with Gasteiger partial charge in [-0.05, 0) is 159 Å². The van der Waals surface area contributed by atoms with Crippen LogP contribution in [0.15, 0.2) is 147 Å². The van der Waals surface area contributed by atoms with E-state index in [-0.39, 0.29) is 0 Å². The normalized spacial score (nSPS) is 11.9. The molecule has 6 aromatic carbocycles. The summed E-state index contributed by atoms with van der Waals surface area (Å²) in [5, 5.41) is 12.6. The molecule has 0 aliphatic carbocycles. The molecule has 4 heteroatoms. The minimum absolute atomic E-state index is 1.15. The van der Waals surface area contributed by atoms with Gasteiger partial charge in [-0.3, -0.25) is 19.9 Å². The van der Waals surface area contributed by atoms with E-state index >= 15 is 0 Å². The van der Waals surface area contributed by atoms with Crippen LogP contribution < -0.4 is 0 Å². The van der Waals surface area contributed by atoms with Crippen LogP contribution in [-0.4, -0.2) is 19.9 Å².